The molecule has 0 atom stereocenters. The molecule has 0 radical (unpaired) electrons. The van der Waals surface area contributed by atoms with Crippen molar-refractivity contribution in [1.29, 1.82) is 0 Å². The molecule has 0 bridgehead atoms. The maximum atomic E-state index is 11.8. The summed E-state index contributed by atoms with van der Waals surface area (Å²) in [5.41, 5.74) is 0.269. The van der Waals surface area contributed by atoms with Gasteiger partial charge in [-0.05, 0) is 25.7 Å². The van der Waals surface area contributed by atoms with Crippen LogP contribution in [0.1, 0.15) is 33.6 Å². The van der Waals surface area contributed by atoms with E-state index < -0.39 is 8.07 Å². The van der Waals surface area contributed by atoms with Crippen LogP contribution in [0.4, 0.5) is 0 Å². The first-order chi connectivity index (χ1) is 7.68. The number of carbonyl (C=O) groups excluding carboxylic acids is 1. The van der Waals surface area contributed by atoms with Crippen molar-refractivity contribution in [2.45, 2.75) is 64.4 Å². The number of rotatable bonds is 3. The van der Waals surface area contributed by atoms with Crippen LogP contribution in [-0.2, 0) is 9.53 Å². The molecule has 0 aliphatic carbocycles. The lowest BCUT2D eigenvalue weighted by atomic mass is 9.84. The van der Waals surface area contributed by atoms with E-state index in [4.69, 9.17) is 4.74 Å². The third kappa shape index (κ3) is 3.44. The Balaban J connectivity index is 2.79. The van der Waals surface area contributed by atoms with Gasteiger partial charge in [0.2, 0.25) is 0 Å². The van der Waals surface area contributed by atoms with Gasteiger partial charge in [0.15, 0.2) is 0 Å². The smallest absolute Gasteiger partial charge is 0.333 e. The van der Waals surface area contributed by atoms with E-state index in [0.29, 0.717) is 11.5 Å². The molecule has 1 saturated heterocycles. The molecule has 0 aromatic carbocycles. The van der Waals surface area contributed by atoms with Crippen molar-refractivity contribution in [3.05, 3.63) is 12.2 Å². The Bertz CT molecular complexity index is 308. The summed E-state index contributed by atoms with van der Waals surface area (Å²) in [5.74, 6) is 0.163. The van der Waals surface area contributed by atoms with Gasteiger partial charge >= 0.3 is 5.97 Å². The van der Waals surface area contributed by atoms with E-state index >= 15 is 0 Å². The summed E-state index contributed by atoms with van der Waals surface area (Å²) in [5, 5.41) is 0. The lowest BCUT2D eigenvalue weighted by Gasteiger charge is -2.44. The van der Waals surface area contributed by atoms with Crippen molar-refractivity contribution in [2.75, 3.05) is 0 Å². The third-order valence-electron chi connectivity index (χ3n) is 4.15. The lowest BCUT2D eigenvalue weighted by molar-refractivity contribution is -0.161. The number of esters is 1. The van der Waals surface area contributed by atoms with Crippen molar-refractivity contribution in [3.63, 3.8) is 0 Å². The van der Waals surface area contributed by atoms with Crippen molar-refractivity contribution >= 4 is 14.0 Å². The maximum absolute atomic E-state index is 11.8. The fourth-order valence-corrected chi connectivity index (χ4v) is 4.87. The van der Waals surface area contributed by atoms with Gasteiger partial charge < -0.3 is 4.74 Å². The Morgan fingerprint density at radius 3 is 2.12 bits per heavy atom. The van der Waals surface area contributed by atoms with Gasteiger partial charge in [0.25, 0.3) is 0 Å². The first-order valence-corrected chi connectivity index (χ1v) is 9.99. The topological polar surface area (TPSA) is 26.3 Å². The molecular formula is C14H26O2Si. The van der Waals surface area contributed by atoms with E-state index in [9.17, 15) is 4.79 Å². The molecule has 0 unspecified atom stereocenters. The first-order valence-electron chi connectivity index (χ1n) is 6.57. The SMILES string of the molecule is C=C(C)C(=O)OC1(C(C)C)CC[Si](C)(C)CC1. The molecule has 3 heteroatoms. The van der Waals surface area contributed by atoms with Gasteiger partial charge in [-0.25, -0.2) is 4.79 Å². The Morgan fingerprint density at radius 1 is 1.29 bits per heavy atom. The molecule has 0 amide bonds. The second-order valence-electron chi connectivity index (χ2n) is 6.55. The highest BCUT2D eigenvalue weighted by Crippen LogP contribution is 2.42. The average Bonchev–Trinajstić information content (AvgIpc) is 2.21. The molecule has 0 aromatic heterocycles. The van der Waals surface area contributed by atoms with E-state index in [0.717, 1.165) is 12.8 Å². The highest BCUT2D eigenvalue weighted by molar-refractivity contribution is 6.77. The number of hydrogen-bond acceptors (Lipinski definition) is 2. The van der Waals surface area contributed by atoms with Crippen LogP contribution in [0.5, 0.6) is 0 Å². The summed E-state index contributed by atoms with van der Waals surface area (Å²) in [6, 6.07) is 2.52. The molecule has 0 aromatic rings. The maximum Gasteiger partial charge on any atom is 0.333 e. The van der Waals surface area contributed by atoms with Crippen LogP contribution in [0.3, 0.4) is 0 Å². The molecule has 0 spiro atoms. The predicted molar refractivity (Wildman–Crippen MR) is 74.8 cm³/mol. The summed E-state index contributed by atoms with van der Waals surface area (Å²) in [6.45, 7) is 14.6. The van der Waals surface area contributed by atoms with Crippen molar-refractivity contribution < 1.29 is 9.53 Å². The van der Waals surface area contributed by atoms with Gasteiger partial charge in [-0.2, -0.15) is 0 Å². The highest BCUT2D eigenvalue weighted by Gasteiger charge is 2.44. The Labute approximate surface area is 106 Å². The largest absolute Gasteiger partial charge is 0.455 e. The minimum atomic E-state index is -1.02. The predicted octanol–water partition coefficient (Wildman–Crippen LogP) is 4.00. The van der Waals surface area contributed by atoms with Crippen LogP contribution >= 0.6 is 0 Å². The minimum absolute atomic E-state index is 0.222. The molecule has 1 aliphatic rings. The standard InChI is InChI=1S/C14H26O2Si/c1-11(2)13(15)16-14(12(3)4)7-9-17(5,6)10-8-14/h12H,1,7-10H2,2-6H3. The molecule has 2 nitrogen and oxygen atoms in total. The van der Waals surface area contributed by atoms with Crippen LogP contribution in [-0.4, -0.2) is 19.6 Å². The molecule has 0 saturated carbocycles. The molecule has 1 aliphatic heterocycles. The summed E-state index contributed by atoms with van der Waals surface area (Å²) in [7, 11) is -1.02. The van der Waals surface area contributed by atoms with E-state index in [-0.39, 0.29) is 11.6 Å². The second-order valence-corrected chi connectivity index (χ2v) is 11.9. The van der Waals surface area contributed by atoms with Crippen LogP contribution in [0.15, 0.2) is 12.2 Å². The van der Waals surface area contributed by atoms with Gasteiger partial charge in [-0.3, -0.25) is 0 Å². The summed E-state index contributed by atoms with van der Waals surface area (Å²) in [4.78, 5) is 11.8. The normalized spacial score (nSPS) is 22.2. The highest BCUT2D eigenvalue weighted by atomic mass is 28.3. The number of hydrogen-bond donors (Lipinski definition) is 0. The van der Waals surface area contributed by atoms with Crippen molar-refractivity contribution in [2.24, 2.45) is 5.92 Å². The summed E-state index contributed by atoms with van der Waals surface area (Å²) < 4.78 is 5.78. The van der Waals surface area contributed by atoms with Crippen molar-refractivity contribution in [1.82, 2.24) is 0 Å². The molecule has 98 valence electrons. The lowest BCUT2D eigenvalue weighted by Crippen LogP contribution is -2.48. The Kier molecular flexibility index (Phi) is 4.23. The van der Waals surface area contributed by atoms with E-state index in [1.165, 1.54) is 12.1 Å². The van der Waals surface area contributed by atoms with E-state index in [1.807, 2.05) is 0 Å². The first kappa shape index (κ1) is 14.5. The van der Waals surface area contributed by atoms with Crippen LogP contribution in [0, 0.1) is 5.92 Å². The Morgan fingerprint density at radius 2 is 1.76 bits per heavy atom. The molecule has 17 heavy (non-hydrogen) atoms. The van der Waals surface area contributed by atoms with Gasteiger partial charge in [-0.1, -0.05) is 45.6 Å². The summed E-state index contributed by atoms with van der Waals surface area (Å²) >= 11 is 0. The molecule has 0 N–H and O–H groups in total. The second kappa shape index (κ2) is 4.97. The summed E-state index contributed by atoms with van der Waals surface area (Å²) in [6.07, 6.45) is 2.06. The van der Waals surface area contributed by atoms with E-state index in [2.05, 4.69) is 33.5 Å². The van der Waals surface area contributed by atoms with Crippen LogP contribution in [0.2, 0.25) is 25.2 Å². The average molecular weight is 254 g/mol. The molecular weight excluding hydrogens is 228 g/mol. The van der Waals surface area contributed by atoms with Gasteiger partial charge in [-0.15, -0.1) is 0 Å². The number of ether oxygens (including phenoxy) is 1. The fraction of sp³-hybridized carbons (Fsp3) is 0.786. The van der Waals surface area contributed by atoms with Gasteiger partial charge in [0, 0.05) is 13.6 Å². The molecule has 1 heterocycles. The van der Waals surface area contributed by atoms with Gasteiger partial charge in [0.05, 0.1) is 0 Å². The van der Waals surface area contributed by atoms with Crippen LogP contribution in [0.25, 0.3) is 0 Å². The number of carbonyl (C=O) groups is 1. The fourth-order valence-electron chi connectivity index (χ4n) is 2.42. The zero-order chi connectivity index (χ0) is 13.3. The van der Waals surface area contributed by atoms with Gasteiger partial charge in [0.1, 0.15) is 5.60 Å². The monoisotopic (exact) mass is 254 g/mol. The molecule has 1 fully saturated rings. The zero-order valence-electron chi connectivity index (χ0n) is 11.9. The third-order valence-corrected chi connectivity index (χ3v) is 7.35. The zero-order valence-corrected chi connectivity index (χ0v) is 12.9. The van der Waals surface area contributed by atoms with Crippen LogP contribution < -0.4 is 0 Å². The quantitative estimate of drug-likeness (QED) is 0.432. The van der Waals surface area contributed by atoms with Crippen molar-refractivity contribution in [3.8, 4) is 0 Å². The Hall–Kier alpha value is -0.573. The van der Waals surface area contributed by atoms with E-state index in [1.54, 1.807) is 6.92 Å². The minimum Gasteiger partial charge on any atom is -0.455 e. The molecule has 1 rings (SSSR count).